The van der Waals surface area contributed by atoms with Crippen molar-refractivity contribution >= 4 is 32.6 Å². The molecule has 1 aromatic carbocycles. The van der Waals surface area contributed by atoms with Crippen LogP contribution < -0.4 is 4.90 Å². The maximum atomic E-state index is 13.2. The number of amides is 1. The predicted octanol–water partition coefficient (Wildman–Crippen LogP) is 4.13. The van der Waals surface area contributed by atoms with Crippen molar-refractivity contribution in [2.45, 2.75) is 38.6 Å². The van der Waals surface area contributed by atoms with Crippen LogP contribution in [0.2, 0.25) is 0 Å². The fraction of sp³-hybridized carbons (Fsp3) is 0.389. The molecule has 0 unspecified atom stereocenters. The van der Waals surface area contributed by atoms with Crippen LogP contribution in [0.25, 0.3) is 10.2 Å². The predicted molar refractivity (Wildman–Crippen MR) is 96.0 cm³/mol. The molecule has 6 heteroatoms. The van der Waals surface area contributed by atoms with Gasteiger partial charge in [0.1, 0.15) is 0 Å². The van der Waals surface area contributed by atoms with Gasteiger partial charge >= 0.3 is 0 Å². The number of rotatable bonds is 4. The maximum Gasteiger partial charge on any atom is 0.232 e. The third-order valence-electron chi connectivity index (χ3n) is 4.62. The van der Waals surface area contributed by atoms with Crippen LogP contribution in [0.15, 0.2) is 36.8 Å². The number of para-hydroxylation sites is 1. The number of nitrogens with one attached hydrogen (secondary N) is 1. The van der Waals surface area contributed by atoms with Crippen LogP contribution in [-0.4, -0.2) is 20.9 Å². The Hall–Kier alpha value is -2.21. The molecule has 1 saturated carbocycles. The first-order valence-electron chi connectivity index (χ1n) is 8.45. The Morgan fingerprint density at radius 2 is 2.08 bits per heavy atom. The molecule has 0 spiro atoms. The van der Waals surface area contributed by atoms with E-state index in [9.17, 15) is 4.79 Å². The highest BCUT2D eigenvalue weighted by molar-refractivity contribution is 7.22. The summed E-state index contributed by atoms with van der Waals surface area (Å²) in [6.45, 7) is 0.495. The molecule has 1 aliphatic carbocycles. The van der Waals surface area contributed by atoms with Crippen LogP contribution in [0.1, 0.15) is 37.8 Å². The molecule has 0 bridgehead atoms. The lowest BCUT2D eigenvalue weighted by Crippen LogP contribution is -2.36. The number of hydrogen-bond acceptors (Lipinski definition) is 4. The number of fused-ring (bicyclic) bond motifs is 1. The smallest absolute Gasteiger partial charge is 0.232 e. The van der Waals surface area contributed by atoms with Crippen LogP contribution in [0.3, 0.4) is 0 Å². The van der Waals surface area contributed by atoms with E-state index in [1.807, 2.05) is 23.1 Å². The minimum absolute atomic E-state index is 0.119. The number of carbonyl (C=O) groups is 1. The van der Waals surface area contributed by atoms with E-state index in [2.05, 4.69) is 16.0 Å². The molecule has 3 aromatic rings. The molecule has 1 N–H and O–H groups in total. The highest BCUT2D eigenvalue weighted by Crippen LogP contribution is 2.33. The number of aromatic amines is 1. The molecular formula is C18H20N4OS. The van der Waals surface area contributed by atoms with Crippen LogP contribution in [0.5, 0.6) is 0 Å². The Morgan fingerprint density at radius 1 is 1.25 bits per heavy atom. The van der Waals surface area contributed by atoms with Gasteiger partial charge in [0.15, 0.2) is 5.13 Å². The van der Waals surface area contributed by atoms with E-state index in [-0.39, 0.29) is 11.8 Å². The van der Waals surface area contributed by atoms with Crippen molar-refractivity contribution in [1.29, 1.82) is 0 Å². The highest BCUT2D eigenvalue weighted by atomic mass is 32.1. The lowest BCUT2D eigenvalue weighted by Gasteiger charge is -2.27. The molecule has 4 rings (SSSR count). The van der Waals surface area contributed by atoms with Gasteiger partial charge in [0.2, 0.25) is 5.91 Å². The topological polar surface area (TPSA) is 61.9 Å². The van der Waals surface area contributed by atoms with Crippen molar-refractivity contribution in [2.24, 2.45) is 5.92 Å². The number of thiazole rings is 1. The molecule has 0 radical (unpaired) electrons. The van der Waals surface area contributed by atoms with Gasteiger partial charge in [0.05, 0.1) is 28.8 Å². The minimum atomic E-state index is 0.119. The second-order valence-electron chi connectivity index (χ2n) is 6.30. The van der Waals surface area contributed by atoms with E-state index < -0.39 is 0 Å². The number of imidazole rings is 1. The van der Waals surface area contributed by atoms with Gasteiger partial charge in [-0.25, -0.2) is 9.97 Å². The molecule has 1 amide bonds. The largest absolute Gasteiger partial charge is 0.347 e. The highest BCUT2D eigenvalue weighted by Gasteiger charge is 2.29. The molecule has 0 saturated heterocycles. The summed E-state index contributed by atoms with van der Waals surface area (Å²) in [5.74, 6) is 0.317. The van der Waals surface area contributed by atoms with Crippen LogP contribution in [0.4, 0.5) is 5.13 Å². The summed E-state index contributed by atoms with van der Waals surface area (Å²) >= 11 is 1.58. The Kier molecular flexibility index (Phi) is 4.30. The van der Waals surface area contributed by atoms with Crippen molar-refractivity contribution in [3.05, 3.63) is 42.5 Å². The first kappa shape index (κ1) is 15.3. The summed E-state index contributed by atoms with van der Waals surface area (Å²) < 4.78 is 1.11. The Labute approximate surface area is 144 Å². The average Bonchev–Trinajstić information content (AvgIpc) is 3.29. The minimum Gasteiger partial charge on any atom is -0.347 e. The summed E-state index contributed by atoms with van der Waals surface area (Å²) in [5, 5.41) is 0.779. The number of aromatic nitrogens is 3. The van der Waals surface area contributed by atoms with Crippen LogP contribution in [0, 0.1) is 5.92 Å². The summed E-state index contributed by atoms with van der Waals surface area (Å²) in [6.07, 6.45) is 8.94. The van der Waals surface area contributed by atoms with Crippen molar-refractivity contribution in [3.8, 4) is 0 Å². The first-order chi connectivity index (χ1) is 11.8. The van der Waals surface area contributed by atoms with E-state index in [0.717, 1.165) is 46.7 Å². The molecule has 2 aromatic heterocycles. The standard InChI is InChI=1S/C18H20N4OS/c23-17(13-6-2-1-3-7-13)22(11-14-10-19-12-20-14)18-21-15-8-4-5-9-16(15)24-18/h4-5,8-10,12-13H,1-3,6-7,11H2,(H,19,20). The zero-order valence-corrected chi connectivity index (χ0v) is 14.3. The van der Waals surface area contributed by atoms with Gasteiger partial charge in [-0.05, 0) is 25.0 Å². The Bertz CT molecular complexity index is 788. The molecule has 1 fully saturated rings. The number of H-pyrrole nitrogens is 1. The van der Waals surface area contributed by atoms with Crippen molar-refractivity contribution in [1.82, 2.24) is 15.0 Å². The summed E-state index contributed by atoms with van der Waals surface area (Å²) in [4.78, 5) is 26.9. The van der Waals surface area contributed by atoms with Gasteiger partial charge in [-0.2, -0.15) is 0 Å². The zero-order valence-electron chi connectivity index (χ0n) is 13.4. The molecule has 24 heavy (non-hydrogen) atoms. The molecule has 124 valence electrons. The molecule has 0 atom stereocenters. The average molecular weight is 340 g/mol. The summed E-state index contributed by atoms with van der Waals surface area (Å²) in [6, 6.07) is 8.03. The molecule has 5 nitrogen and oxygen atoms in total. The fourth-order valence-electron chi connectivity index (χ4n) is 3.33. The SMILES string of the molecule is O=C(C1CCCCC1)N(Cc1cnc[nH]1)c1nc2ccccc2s1. The van der Waals surface area contributed by atoms with Gasteiger partial charge in [0.25, 0.3) is 0 Å². The summed E-state index contributed by atoms with van der Waals surface area (Å²) in [7, 11) is 0. The maximum absolute atomic E-state index is 13.2. The van der Waals surface area contributed by atoms with Crippen molar-refractivity contribution < 1.29 is 4.79 Å². The number of benzene rings is 1. The molecule has 1 aliphatic rings. The first-order valence-corrected chi connectivity index (χ1v) is 9.27. The lowest BCUT2D eigenvalue weighted by molar-refractivity contribution is -0.123. The number of carbonyl (C=O) groups excluding carboxylic acids is 1. The van der Waals surface area contributed by atoms with E-state index in [1.165, 1.54) is 6.42 Å². The second-order valence-corrected chi connectivity index (χ2v) is 7.31. The van der Waals surface area contributed by atoms with Gasteiger partial charge in [0, 0.05) is 12.1 Å². The van der Waals surface area contributed by atoms with Gasteiger partial charge in [-0.1, -0.05) is 42.7 Å². The molecule has 2 heterocycles. The van der Waals surface area contributed by atoms with Gasteiger partial charge < -0.3 is 4.98 Å². The van der Waals surface area contributed by atoms with E-state index in [1.54, 1.807) is 23.9 Å². The quantitative estimate of drug-likeness (QED) is 0.776. The van der Waals surface area contributed by atoms with Gasteiger partial charge in [-0.15, -0.1) is 0 Å². The zero-order chi connectivity index (χ0) is 16.4. The third kappa shape index (κ3) is 3.06. The van der Waals surface area contributed by atoms with Crippen molar-refractivity contribution in [3.63, 3.8) is 0 Å². The van der Waals surface area contributed by atoms with Crippen LogP contribution in [-0.2, 0) is 11.3 Å². The number of anilines is 1. The van der Waals surface area contributed by atoms with Gasteiger partial charge in [-0.3, -0.25) is 9.69 Å². The van der Waals surface area contributed by atoms with E-state index in [4.69, 9.17) is 4.98 Å². The fourth-order valence-corrected chi connectivity index (χ4v) is 4.30. The van der Waals surface area contributed by atoms with Crippen molar-refractivity contribution in [2.75, 3.05) is 4.90 Å². The lowest BCUT2D eigenvalue weighted by atomic mass is 9.88. The number of nitrogens with zero attached hydrogens (tertiary/aromatic N) is 3. The normalized spacial score (nSPS) is 15.7. The number of hydrogen-bond donors (Lipinski definition) is 1. The Morgan fingerprint density at radius 3 is 2.83 bits per heavy atom. The second kappa shape index (κ2) is 6.73. The van der Waals surface area contributed by atoms with E-state index >= 15 is 0 Å². The summed E-state index contributed by atoms with van der Waals surface area (Å²) in [5.41, 5.74) is 1.88. The van der Waals surface area contributed by atoms with Crippen LogP contribution >= 0.6 is 11.3 Å². The molecule has 0 aliphatic heterocycles. The Balaban J connectivity index is 1.67. The monoisotopic (exact) mass is 340 g/mol. The molecular weight excluding hydrogens is 320 g/mol. The van der Waals surface area contributed by atoms with E-state index in [0.29, 0.717) is 6.54 Å². The third-order valence-corrected chi connectivity index (χ3v) is 5.68.